The van der Waals surface area contributed by atoms with Crippen LogP contribution in [0.4, 0.5) is 10.5 Å². The molecule has 0 radical (unpaired) electrons. The molecule has 0 fully saturated rings. The molecule has 0 saturated heterocycles. The summed E-state index contributed by atoms with van der Waals surface area (Å²) in [7, 11) is 0. The Labute approximate surface area is 182 Å². The molecule has 0 spiro atoms. The van der Waals surface area contributed by atoms with Crippen molar-refractivity contribution < 1.29 is 9.53 Å². The lowest BCUT2D eigenvalue weighted by Crippen LogP contribution is -2.29. The highest BCUT2D eigenvalue weighted by Gasteiger charge is 2.12. The van der Waals surface area contributed by atoms with E-state index in [1.54, 1.807) is 12.1 Å². The number of ether oxygens (including phenoxy) is 1. The molecule has 31 heavy (non-hydrogen) atoms. The Morgan fingerprint density at radius 2 is 1.94 bits per heavy atom. The van der Waals surface area contributed by atoms with Crippen molar-refractivity contribution in [2.45, 2.75) is 20.4 Å². The third kappa shape index (κ3) is 4.72. The highest BCUT2D eigenvalue weighted by molar-refractivity contribution is 7.19. The van der Waals surface area contributed by atoms with Gasteiger partial charge >= 0.3 is 6.03 Å². The first-order valence-corrected chi connectivity index (χ1v) is 10.6. The van der Waals surface area contributed by atoms with Crippen molar-refractivity contribution in [3.63, 3.8) is 0 Å². The van der Waals surface area contributed by atoms with Crippen LogP contribution in [-0.2, 0) is 6.54 Å². The third-order valence-electron chi connectivity index (χ3n) is 4.46. The highest BCUT2D eigenvalue weighted by atomic mass is 32.1. The molecule has 2 amide bonds. The summed E-state index contributed by atoms with van der Waals surface area (Å²) in [5.41, 5.74) is 2.80. The summed E-state index contributed by atoms with van der Waals surface area (Å²) in [6.07, 6.45) is 0. The van der Waals surface area contributed by atoms with Crippen LogP contribution >= 0.6 is 11.3 Å². The van der Waals surface area contributed by atoms with E-state index in [0.717, 1.165) is 11.1 Å². The number of rotatable bonds is 6. The fourth-order valence-corrected chi connectivity index (χ4v) is 3.88. The second kappa shape index (κ2) is 8.97. The number of anilines is 1. The van der Waals surface area contributed by atoms with E-state index in [1.165, 1.54) is 21.9 Å². The molecule has 2 heterocycles. The van der Waals surface area contributed by atoms with Crippen molar-refractivity contribution in [1.82, 2.24) is 19.9 Å². The molecule has 0 bridgehead atoms. The van der Waals surface area contributed by atoms with Gasteiger partial charge in [-0.1, -0.05) is 53.3 Å². The normalized spacial score (nSPS) is 10.8. The van der Waals surface area contributed by atoms with Gasteiger partial charge in [0.1, 0.15) is 10.8 Å². The largest absolute Gasteiger partial charge is 0.492 e. The number of para-hydroxylation sites is 2. The number of hydrogen-bond acceptors (Lipinski definition) is 6. The molecule has 8 nitrogen and oxygen atoms in total. The van der Waals surface area contributed by atoms with Crippen molar-refractivity contribution in [3.05, 3.63) is 76.2 Å². The van der Waals surface area contributed by atoms with Gasteiger partial charge in [0.25, 0.3) is 5.56 Å². The summed E-state index contributed by atoms with van der Waals surface area (Å²) in [5, 5.41) is 10.6. The number of carbonyl (C=O) groups excluding carboxylic acids is 1. The second-order valence-electron chi connectivity index (χ2n) is 6.79. The number of nitrogens with one attached hydrogen (secondary N) is 2. The Morgan fingerprint density at radius 1 is 1.16 bits per heavy atom. The fraction of sp³-hybridized carbons (Fsp3) is 0.182. The first kappa shape index (κ1) is 20.5. The molecule has 0 atom stereocenters. The monoisotopic (exact) mass is 435 g/mol. The molecule has 4 rings (SSSR count). The summed E-state index contributed by atoms with van der Waals surface area (Å²) >= 11 is 1.32. The second-order valence-corrected chi connectivity index (χ2v) is 7.75. The van der Waals surface area contributed by atoms with Crippen LogP contribution in [0.3, 0.4) is 0 Å². The first-order valence-electron chi connectivity index (χ1n) is 9.77. The molecule has 4 aromatic rings. The van der Waals surface area contributed by atoms with E-state index in [-0.39, 0.29) is 12.1 Å². The maximum Gasteiger partial charge on any atom is 0.319 e. The molecular weight excluding hydrogens is 414 g/mol. The molecule has 0 aliphatic carbocycles. The van der Waals surface area contributed by atoms with Gasteiger partial charge in [0.2, 0.25) is 4.96 Å². The Bertz CT molecular complexity index is 1280. The van der Waals surface area contributed by atoms with Gasteiger partial charge < -0.3 is 15.4 Å². The summed E-state index contributed by atoms with van der Waals surface area (Å²) < 4.78 is 6.78. The van der Waals surface area contributed by atoms with Crippen molar-refractivity contribution >= 4 is 28.0 Å². The van der Waals surface area contributed by atoms with Crippen molar-refractivity contribution in [1.29, 1.82) is 0 Å². The number of hydrogen-bond donors (Lipinski definition) is 2. The van der Waals surface area contributed by atoms with Crippen molar-refractivity contribution in [2.75, 3.05) is 11.9 Å². The standard InChI is InChI=1S/C22H21N5O3S/c1-3-30-18-7-5-4-6-17(18)25-21(29)23-13-16-12-19(28)27-22(24-16)31-20(26-27)15-10-8-14(2)9-11-15/h4-12H,3,13H2,1-2H3,(H2,23,25,29). The average molecular weight is 436 g/mol. The SMILES string of the molecule is CCOc1ccccc1NC(=O)NCc1cc(=O)n2nc(-c3ccc(C)cc3)sc2n1. The predicted molar refractivity (Wildman–Crippen MR) is 121 cm³/mol. The summed E-state index contributed by atoms with van der Waals surface area (Å²) in [5.74, 6) is 0.589. The number of amides is 2. The van der Waals surface area contributed by atoms with E-state index in [0.29, 0.717) is 33.7 Å². The van der Waals surface area contributed by atoms with Gasteiger partial charge in [0, 0.05) is 11.6 Å². The van der Waals surface area contributed by atoms with E-state index in [1.807, 2.05) is 50.2 Å². The topological polar surface area (TPSA) is 97.6 Å². The van der Waals surface area contributed by atoms with Crippen LogP contribution in [0.1, 0.15) is 18.2 Å². The number of aromatic nitrogens is 3. The lowest BCUT2D eigenvalue weighted by atomic mass is 10.2. The minimum absolute atomic E-state index is 0.103. The molecule has 2 aromatic carbocycles. The predicted octanol–water partition coefficient (Wildman–Crippen LogP) is 3.85. The Kier molecular flexibility index (Phi) is 5.94. The lowest BCUT2D eigenvalue weighted by Gasteiger charge is -2.11. The third-order valence-corrected chi connectivity index (χ3v) is 5.42. The molecular formula is C22H21N5O3S. The van der Waals surface area contributed by atoms with Gasteiger partial charge in [0.15, 0.2) is 0 Å². The molecule has 0 unspecified atom stereocenters. The van der Waals surface area contributed by atoms with Crippen LogP contribution < -0.4 is 20.9 Å². The Hall–Kier alpha value is -3.72. The lowest BCUT2D eigenvalue weighted by molar-refractivity contribution is 0.251. The Balaban J connectivity index is 1.48. The Morgan fingerprint density at radius 3 is 2.71 bits per heavy atom. The number of carbonyl (C=O) groups is 1. The number of fused-ring (bicyclic) bond motifs is 1. The zero-order chi connectivity index (χ0) is 21.8. The van der Waals surface area contributed by atoms with Crippen LogP contribution in [0, 0.1) is 6.92 Å². The maximum atomic E-state index is 12.5. The summed E-state index contributed by atoms with van der Waals surface area (Å²) in [4.78, 5) is 29.7. The highest BCUT2D eigenvalue weighted by Crippen LogP contribution is 2.25. The molecule has 0 saturated carbocycles. The van der Waals surface area contributed by atoms with Gasteiger partial charge in [-0.3, -0.25) is 4.79 Å². The van der Waals surface area contributed by atoms with E-state index in [4.69, 9.17) is 4.74 Å². The quantitative estimate of drug-likeness (QED) is 0.479. The average Bonchev–Trinajstić information content (AvgIpc) is 3.19. The minimum Gasteiger partial charge on any atom is -0.492 e. The van der Waals surface area contributed by atoms with Gasteiger partial charge in [-0.15, -0.1) is 0 Å². The van der Waals surface area contributed by atoms with Gasteiger partial charge in [0.05, 0.1) is 24.5 Å². The van der Waals surface area contributed by atoms with Crippen LogP contribution in [-0.4, -0.2) is 27.2 Å². The molecule has 0 aliphatic heterocycles. The van der Waals surface area contributed by atoms with Gasteiger partial charge in [-0.05, 0) is 26.0 Å². The van der Waals surface area contributed by atoms with E-state index < -0.39 is 6.03 Å². The number of nitrogens with zero attached hydrogens (tertiary/aromatic N) is 3. The van der Waals surface area contributed by atoms with Crippen molar-refractivity contribution in [2.24, 2.45) is 0 Å². The molecule has 2 N–H and O–H groups in total. The smallest absolute Gasteiger partial charge is 0.319 e. The zero-order valence-electron chi connectivity index (χ0n) is 17.1. The molecule has 158 valence electrons. The van der Waals surface area contributed by atoms with Gasteiger partial charge in [-0.25, -0.2) is 9.78 Å². The van der Waals surface area contributed by atoms with E-state index in [2.05, 4.69) is 20.7 Å². The molecule has 2 aromatic heterocycles. The van der Waals surface area contributed by atoms with Crippen molar-refractivity contribution in [3.8, 4) is 16.3 Å². The van der Waals surface area contributed by atoms with Crippen LogP contribution in [0.15, 0.2) is 59.4 Å². The summed E-state index contributed by atoms with van der Waals surface area (Å²) in [6.45, 7) is 4.49. The fourth-order valence-electron chi connectivity index (χ4n) is 2.95. The molecule has 0 aliphatic rings. The number of urea groups is 1. The van der Waals surface area contributed by atoms with E-state index in [9.17, 15) is 9.59 Å². The van der Waals surface area contributed by atoms with E-state index >= 15 is 0 Å². The number of aryl methyl sites for hydroxylation is 1. The van der Waals surface area contributed by atoms with Crippen LogP contribution in [0.2, 0.25) is 0 Å². The summed E-state index contributed by atoms with van der Waals surface area (Å²) in [6, 6.07) is 16.1. The van der Waals surface area contributed by atoms with Crippen LogP contribution in [0.25, 0.3) is 15.5 Å². The minimum atomic E-state index is -0.418. The molecule has 9 heteroatoms. The zero-order valence-corrected chi connectivity index (χ0v) is 17.9. The van der Waals surface area contributed by atoms with Crippen LogP contribution in [0.5, 0.6) is 5.75 Å². The number of benzene rings is 2. The first-order chi connectivity index (χ1) is 15.0. The van der Waals surface area contributed by atoms with Gasteiger partial charge in [-0.2, -0.15) is 9.61 Å². The maximum absolute atomic E-state index is 12.5.